The maximum atomic E-state index is 13.0. The first-order valence-corrected chi connectivity index (χ1v) is 16.9. The summed E-state index contributed by atoms with van der Waals surface area (Å²) in [5.41, 5.74) is 7.47. The second-order valence-electron chi connectivity index (χ2n) is 8.18. The lowest BCUT2D eigenvalue weighted by molar-refractivity contribution is 0.516. The molecule has 6 heteroatoms. The van der Waals surface area contributed by atoms with Crippen molar-refractivity contribution in [1.29, 1.82) is 0 Å². The number of aryl methyl sites for hydroxylation is 1. The van der Waals surface area contributed by atoms with Crippen molar-refractivity contribution in [2.45, 2.75) is 57.5 Å². The van der Waals surface area contributed by atoms with Gasteiger partial charge in [-0.15, -0.1) is 17.0 Å². The van der Waals surface area contributed by atoms with E-state index >= 15 is 0 Å². The van der Waals surface area contributed by atoms with E-state index in [9.17, 15) is 8.42 Å². The Morgan fingerprint density at radius 2 is 1.44 bits per heavy atom. The molecular weight excluding hydrogens is 362 g/mol. The highest BCUT2D eigenvalue weighted by Crippen LogP contribution is 2.16. The lowest BCUT2D eigenvalue weighted by Gasteiger charge is -2.18. The average molecular weight is 392 g/mol. The fraction of sp³-hybridized carbons (Fsp3) is 0.474. The second kappa shape index (κ2) is 8.27. The van der Waals surface area contributed by atoms with Gasteiger partial charge in [0.1, 0.15) is 16.1 Å². The molecule has 1 aromatic carbocycles. The summed E-state index contributed by atoms with van der Waals surface area (Å²) >= 11 is 0. The molecule has 0 spiro atoms. The molecule has 0 saturated carbocycles. The van der Waals surface area contributed by atoms with Crippen LogP contribution in [0.15, 0.2) is 29.2 Å². The molecule has 3 nitrogen and oxygen atoms in total. The summed E-state index contributed by atoms with van der Waals surface area (Å²) in [5.74, 6) is 3.13. The van der Waals surface area contributed by atoms with E-state index < -0.39 is 26.2 Å². The average Bonchev–Trinajstić information content (AvgIpc) is 2.44. The van der Waals surface area contributed by atoms with Crippen LogP contribution in [0, 0.1) is 30.0 Å². The fourth-order valence-electron chi connectivity index (χ4n) is 1.79. The first kappa shape index (κ1) is 21.6. The zero-order valence-corrected chi connectivity index (χ0v) is 19.2. The minimum absolute atomic E-state index is 0.279. The summed E-state index contributed by atoms with van der Waals surface area (Å²) in [7, 11) is -6.77. The number of hydrogen-bond acceptors (Lipinski definition) is 2. The molecule has 0 bridgehead atoms. The van der Waals surface area contributed by atoms with Crippen LogP contribution in [-0.4, -0.2) is 35.4 Å². The Labute approximate surface area is 155 Å². The molecule has 1 aromatic rings. The summed E-state index contributed by atoms with van der Waals surface area (Å²) < 4.78 is 27.2. The van der Waals surface area contributed by atoms with Crippen molar-refractivity contribution in [2.75, 3.05) is 6.54 Å². The number of hydrogen-bond donors (Lipinski definition) is 0. The Hall–Kier alpha value is -1.48. The summed E-state index contributed by atoms with van der Waals surface area (Å²) in [6.45, 7) is 15.0. The van der Waals surface area contributed by atoms with Crippen molar-refractivity contribution < 1.29 is 8.42 Å². The Morgan fingerprint density at radius 3 is 1.92 bits per heavy atom. The van der Waals surface area contributed by atoms with Gasteiger partial charge in [0.2, 0.25) is 0 Å². The smallest absolute Gasteiger partial charge is 0.224 e. The van der Waals surface area contributed by atoms with Crippen LogP contribution in [0.3, 0.4) is 0 Å². The van der Waals surface area contributed by atoms with Gasteiger partial charge in [0.15, 0.2) is 0 Å². The lowest BCUT2D eigenvalue weighted by Crippen LogP contribution is -2.29. The highest BCUT2D eigenvalue weighted by atomic mass is 32.2. The topological polar surface area (TPSA) is 37.4 Å². The summed E-state index contributed by atoms with van der Waals surface area (Å²) in [6, 6.07) is 9.81. The molecule has 0 saturated heterocycles. The molecular formula is C19H29NO2SSi2. The van der Waals surface area contributed by atoms with Gasteiger partial charge in [-0.05, 0) is 19.1 Å². The van der Waals surface area contributed by atoms with Crippen molar-refractivity contribution >= 4 is 26.2 Å². The molecule has 136 valence electrons. The molecule has 0 aliphatic rings. The number of nitrogens with zero attached hydrogens (tertiary/aromatic N) is 1. The van der Waals surface area contributed by atoms with Crippen LogP contribution in [0.4, 0.5) is 0 Å². The molecule has 0 atom stereocenters. The van der Waals surface area contributed by atoms with Gasteiger partial charge in [-0.2, -0.15) is 0 Å². The van der Waals surface area contributed by atoms with Gasteiger partial charge in [-0.3, -0.25) is 0 Å². The van der Waals surface area contributed by atoms with Gasteiger partial charge in [0.25, 0.3) is 10.0 Å². The summed E-state index contributed by atoms with van der Waals surface area (Å²) in [6.07, 6.45) is 0.496. The van der Waals surface area contributed by atoms with Gasteiger partial charge in [0, 0.05) is 12.5 Å². The first-order valence-electron chi connectivity index (χ1n) is 8.43. The van der Waals surface area contributed by atoms with Gasteiger partial charge in [-0.1, -0.05) is 57.0 Å². The highest BCUT2D eigenvalue weighted by molar-refractivity contribution is 7.89. The van der Waals surface area contributed by atoms with Gasteiger partial charge in [-0.25, -0.2) is 12.7 Å². The molecule has 0 fully saturated rings. The van der Waals surface area contributed by atoms with Crippen molar-refractivity contribution in [3.05, 3.63) is 29.8 Å². The van der Waals surface area contributed by atoms with Crippen molar-refractivity contribution in [2.24, 2.45) is 0 Å². The van der Waals surface area contributed by atoms with E-state index in [1.165, 1.54) is 4.31 Å². The van der Waals surface area contributed by atoms with Crippen LogP contribution in [-0.2, 0) is 10.0 Å². The molecule has 0 aromatic heterocycles. The van der Waals surface area contributed by atoms with Crippen LogP contribution in [0.2, 0.25) is 39.3 Å². The van der Waals surface area contributed by atoms with Gasteiger partial charge >= 0.3 is 0 Å². The maximum Gasteiger partial charge on any atom is 0.270 e. The quantitative estimate of drug-likeness (QED) is 0.440. The summed E-state index contributed by atoms with van der Waals surface area (Å²) in [5, 5.41) is 0. The highest BCUT2D eigenvalue weighted by Gasteiger charge is 2.22. The molecule has 0 amide bonds. The number of sulfonamides is 1. The molecule has 0 heterocycles. The fourth-order valence-corrected chi connectivity index (χ4v) is 4.23. The molecule has 0 radical (unpaired) electrons. The summed E-state index contributed by atoms with van der Waals surface area (Å²) in [4.78, 5) is 0.279. The minimum atomic E-state index is -3.63. The van der Waals surface area contributed by atoms with Crippen LogP contribution in [0.1, 0.15) is 12.0 Å². The SMILES string of the molecule is Cc1ccc(S(=O)(=O)N(C#C[Si](C)(C)C)CCC#C[Si](C)(C)C)cc1. The first-order chi connectivity index (χ1) is 11.3. The molecule has 0 N–H and O–H groups in total. The molecule has 0 aliphatic heterocycles. The van der Waals surface area contributed by atoms with Crippen LogP contribution in [0.5, 0.6) is 0 Å². The van der Waals surface area contributed by atoms with E-state index in [0.29, 0.717) is 13.0 Å². The normalized spacial score (nSPS) is 11.8. The number of rotatable bonds is 4. The second-order valence-corrected chi connectivity index (χ2v) is 19.5. The van der Waals surface area contributed by atoms with Crippen LogP contribution in [0.25, 0.3) is 0 Å². The molecule has 25 heavy (non-hydrogen) atoms. The maximum absolute atomic E-state index is 13.0. The third kappa shape index (κ3) is 7.96. The van der Waals surface area contributed by atoms with Gasteiger partial charge in [0.05, 0.1) is 11.4 Å². The van der Waals surface area contributed by atoms with E-state index in [-0.39, 0.29) is 4.90 Å². The largest absolute Gasteiger partial charge is 0.270 e. The molecule has 0 unspecified atom stereocenters. The van der Waals surface area contributed by atoms with Crippen molar-refractivity contribution in [3.63, 3.8) is 0 Å². The van der Waals surface area contributed by atoms with E-state index in [1.807, 2.05) is 19.1 Å². The lowest BCUT2D eigenvalue weighted by atomic mass is 10.2. The minimum Gasteiger partial charge on any atom is -0.224 e. The Bertz CT molecular complexity index is 809. The van der Waals surface area contributed by atoms with Gasteiger partial charge < -0.3 is 0 Å². The van der Waals surface area contributed by atoms with Crippen LogP contribution >= 0.6 is 0 Å². The van der Waals surface area contributed by atoms with E-state index in [0.717, 1.165) is 5.56 Å². The third-order valence-corrected chi connectivity index (χ3v) is 6.58. The predicted molar refractivity (Wildman–Crippen MR) is 112 cm³/mol. The standard InChI is InChI=1S/C19H29NO2SSi2/c1-18-10-12-19(13-11-18)23(21,22)20(15-17-25(5,6)7)14-8-9-16-24(2,3)4/h10-13H,8,14H2,1-7H3. The Kier molecular flexibility index (Phi) is 7.13. The van der Waals surface area contributed by atoms with E-state index in [2.05, 4.69) is 62.3 Å². The zero-order valence-electron chi connectivity index (χ0n) is 16.4. The van der Waals surface area contributed by atoms with Crippen LogP contribution < -0.4 is 0 Å². The molecule has 0 aliphatic carbocycles. The van der Waals surface area contributed by atoms with Crippen molar-refractivity contribution in [1.82, 2.24) is 4.31 Å². The zero-order chi connectivity index (χ0) is 19.3. The Balaban J connectivity index is 3.14. The van der Waals surface area contributed by atoms with E-state index in [1.54, 1.807) is 12.1 Å². The predicted octanol–water partition coefficient (Wildman–Crippen LogP) is 4.09. The monoisotopic (exact) mass is 391 g/mol. The van der Waals surface area contributed by atoms with Crippen molar-refractivity contribution in [3.8, 4) is 23.1 Å². The Morgan fingerprint density at radius 1 is 0.920 bits per heavy atom. The van der Waals surface area contributed by atoms with E-state index in [4.69, 9.17) is 0 Å². The molecule has 1 rings (SSSR count). The number of benzene rings is 1. The third-order valence-electron chi connectivity index (χ3n) is 3.07.